The van der Waals surface area contributed by atoms with Gasteiger partial charge in [-0.05, 0) is 90.5 Å². The van der Waals surface area contributed by atoms with Gasteiger partial charge in [-0.2, -0.15) is 0 Å². The van der Waals surface area contributed by atoms with Crippen molar-refractivity contribution >= 4 is 21.6 Å². The molecule has 0 bridgehead atoms. The Labute approximate surface area is 235 Å². The number of rotatable bonds is 8. The second kappa shape index (κ2) is 11.2. The number of nitrogens with zero attached hydrogens (tertiary/aromatic N) is 1. The van der Waals surface area contributed by atoms with E-state index in [1.807, 2.05) is 24.3 Å². The Kier molecular flexibility index (Phi) is 7.86. The quantitative estimate of drug-likeness (QED) is 0.228. The number of hydrogen-bond donors (Lipinski definition) is 1. The van der Waals surface area contributed by atoms with Crippen LogP contribution in [0.25, 0.3) is 21.6 Å². The van der Waals surface area contributed by atoms with E-state index in [4.69, 9.17) is 14.5 Å². The van der Waals surface area contributed by atoms with E-state index in [1.54, 1.807) is 11.3 Å². The number of nitrogens with one attached hydrogen (secondary N) is 1. The molecule has 1 N–H and O–H groups in total. The van der Waals surface area contributed by atoms with Crippen molar-refractivity contribution in [3.63, 3.8) is 0 Å². The molecule has 2 aromatic carbocycles. The van der Waals surface area contributed by atoms with Crippen molar-refractivity contribution in [2.24, 2.45) is 11.3 Å². The maximum atomic E-state index is 13.1. The summed E-state index contributed by atoms with van der Waals surface area (Å²) in [5, 5.41) is 0.791. The van der Waals surface area contributed by atoms with Crippen molar-refractivity contribution in [3.05, 3.63) is 74.4 Å². The third kappa shape index (κ3) is 6.06. The molecule has 1 atom stereocenters. The fourth-order valence-electron chi connectivity index (χ4n) is 5.44. The van der Waals surface area contributed by atoms with Crippen molar-refractivity contribution in [2.45, 2.75) is 73.1 Å². The molecule has 206 valence electrons. The molecule has 39 heavy (non-hydrogen) atoms. The van der Waals surface area contributed by atoms with Gasteiger partial charge < -0.3 is 14.5 Å². The SMILES string of the molecule is Cc1ccc(C(C)C)c(OCCCOc2ccc(-c3nc4sc5c(c4c(=O)[nH]3)CC[C@H](C(C)(C)C)C5)cc2)c1. The Hall–Kier alpha value is -3.12. The van der Waals surface area contributed by atoms with Crippen LogP contribution < -0.4 is 15.0 Å². The number of benzene rings is 2. The molecule has 2 heterocycles. The van der Waals surface area contributed by atoms with Crippen LogP contribution in [-0.2, 0) is 12.8 Å². The standard InChI is InChI=1S/C33H40N2O3S/c1-20(2)25-14-8-21(3)18-27(25)38-17-7-16-37-24-12-9-22(10-13-24)30-34-31(36)29-26-15-11-23(33(4,5)6)19-28(26)39-32(29)35-30/h8-10,12-14,18,20,23H,7,11,15-17,19H2,1-6H3,(H,34,35,36)/t23-/m0/s1. The first-order valence-corrected chi connectivity index (χ1v) is 14.9. The van der Waals surface area contributed by atoms with Gasteiger partial charge in [0, 0.05) is 16.9 Å². The molecule has 0 spiro atoms. The third-order valence-corrected chi connectivity index (χ3v) is 9.03. The van der Waals surface area contributed by atoms with Crippen LogP contribution in [-0.4, -0.2) is 23.2 Å². The van der Waals surface area contributed by atoms with E-state index in [0.717, 1.165) is 53.0 Å². The largest absolute Gasteiger partial charge is 0.493 e. The van der Waals surface area contributed by atoms with E-state index >= 15 is 0 Å². The minimum atomic E-state index is -0.0312. The number of thiophene rings is 1. The predicted molar refractivity (Wildman–Crippen MR) is 162 cm³/mol. The zero-order valence-corrected chi connectivity index (χ0v) is 24.8. The van der Waals surface area contributed by atoms with E-state index in [2.05, 4.69) is 64.7 Å². The van der Waals surface area contributed by atoms with Gasteiger partial charge in [-0.15, -0.1) is 11.3 Å². The number of H-pyrrole nitrogens is 1. The lowest BCUT2D eigenvalue weighted by atomic mass is 9.72. The Bertz CT molecular complexity index is 1510. The number of aromatic nitrogens is 2. The second-order valence-corrected chi connectivity index (χ2v) is 13.3. The topological polar surface area (TPSA) is 64.2 Å². The molecule has 5 nitrogen and oxygen atoms in total. The first-order valence-electron chi connectivity index (χ1n) is 14.1. The molecule has 0 saturated heterocycles. The van der Waals surface area contributed by atoms with Gasteiger partial charge in [-0.1, -0.05) is 46.8 Å². The van der Waals surface area contributed by atoms with Crippen LogP contribution in [0.5, 0.6) is 11.5 Å². The fourth-order valence-corrected chi connectivity index (χ4v) is 6.74. The third-order valence-electron chi connectivity index (χ3n) is 7.88. The van der Waals surface area contributed by atoms with Crippen molar-refractivity contribution in [2.75, 3.05) is 13.2 Å². The molecule has 4 aromatic rings. The average Bonchev–Trinajstić information content (AvgIpc) is 3.26. The zero-order chi connectivity index (χ0) is 27.7. The zero-order valence-electron chi connectivity index (χ0n) is 24.0. The summed E-state index contributed by atoms with van der Waals surface area (Å²) in [6, 6.07) is 14.2. The summed E-state index contributed by atoms with van der Waals surface area (Å²) in [7, 11) is 0. The summed E-state index contributed by atoms with van der Waals surface area (Å²) < 4.78 is 12.0. The van der Waals surface area contributed by atoms with Gasteiger partial charge in [-0.3, -0.25) is 4.79 Å². The van der Waals surface area contributed by atoms with E-state index in [1.165, 1.54) is 21.6 Å². The highest BCUT2D eigenvalue weighted by Gasteiger charge is 2.31. The first kappa shape index (κ1) is 27.4. The summed E-state index contributed by atoms with van der Waals surface area (Å²) in [5.74, 6) is 3.42. The maximum Gasteiger partial charge on any atom is 0.260 e. The lowest BCUT2D eigenvalue weighted by Gasteiger charge is -2.33. The van der Waals surface area contributed by atoms with Crippen LogP contribution in [0.3, 0.4) is 0 Å². The summed E-state index contributed by atoms with van der Waals surface area (Å²) in [4.78, 5) is 23.2. The predicted octanol–water partition coefficient (Wildman–Crippen LogP) is 8.08. The minimum Gasteiger partial charge on any atom is -0.493 e. The molecule has 2 aromatic heterocycles. The molecule has 0 fully saturated rings. The normalized spacial score (nSPS) is 15.5. The van der Waals surface area contributed by atoms with Crippen LogP contribution in [0.1, 0.15) is 74.9 Å². The summed E-state index contributed by atoms with van der Waals surface area (Å²) in [6.07, 6.45) is 3.91. The lowest BCUT2D eigenvalue weighted by molar-refractivity contribution is 0.218. The Morgan fingerprint density at radius 3 is 2.54 bits per heavy atom. The molecular weight excluding hydrogens is 504 g/mol. The van der Waals surface area contributed by atoms with Crippen LogP contribution >= 0.6 is 11.3 Å². The maximum absolute atomic E-state index is 13.1. The average molecular weight is 545 g/mol. The Morgan fingerprint density at radius 2 is 1.82 bits per heavy atom. The number of aryl methyl sites for hydroxylation is 2. The fraction of sp³-hybridized carbons (Fsp3) is 0.455. The van der Waals surface area contributed by atoms with Crippen molar-refractivity contribution in [1.82, 2.24) is 9.97 Å². The van der Waals surface area contributed by atoms with Crippen molar-refractivity contribution in [3.8, 4) is 22.9 Å². The Balaban J connectivity index is 1.21. The van der Waals surface area contributed by atoms with Gasteiger partial charge in [-0.25, -0.2) is 4.98 Å². The van der Waals surface area contributed by atoms with Crippen LogP contribution in [0.4, 0.5) is 0 Å². The minimum absolute atomic E-state index is 0.0312. The first-order chi connectivity index (χ1) is 18.6. The number of fused-ring (bicyclic) bond motifs is 3. The van der Waals surface area contributed by atoms with Gasteiger partial charge in [0.25, 0.3) is 5.56 Å². The molecule has 0 radical (unpaired) electrons. The van der Waals surface area contributed by atoms with Gasteiger partial charge >= 0.3 is 0 Å². The summed E-state index contributed by atoms with van der Waals surface area (Å²) in [5.41, 5.74) is 4.77. The molecule has 1 aliphatic rings. The van der Waals surface area contributed by atoms with Crippen molar-refractivity contribution in [1.29, 1.82) is 0 Å². The Morgan fingerprint density at radius 1 is 1.08 bits per heavy atom. The monoisotopic (exact) mass is 544 g/mol. The van der Waals surface area contributed by atoms with Gasteiger partial charge in [0.15, 0.2) is 0 Å². The molecule has 5 rings (SSSR count). The van der Waals surface area contributed by atoms with Crippen LogP contribution in [0.2, 0.25) is 0 Å². The molecule has 1 aliphatic carbocycles. The molecule has 0 amide bonds. The summed E-state index contributed by atoms with van der Waals surface area (Å²) in [6.45, 7) is 14.6. The van der Waals surface area contributed by atoms with Gasteiger partial charge in [0.05, 0.1) is 18.6 Å². The van der Waals surface area contributed by atoms with Crippen LogP contribution in [0, 0.1) is 18.3 Å². The van der Waals surface area contributed by atoms with Crippen LogP contribution in [0.15, 0.2) is 47.3 Å². The molecule has 0 aliphatic heterocycles. The summed E-state index contributed by atoms with van der Waals surface area (Å²) >= 11 is 1.70. The number of ether oxygens (including phenoxy) is 2. The highest BCUT2D eigenvalue weighted by Crippen LogP contribution is 2.42. The lowest BCUT2D eigenvalue weighted by Crippen LogP contribution is -2.26. The van der Waals surface area contributed by atoms with E-state index in [0.29, 0.717) is 30.9 Å². The second-order valence-electron chi connectivity index (χ2n) is 12.2. The molecular formula is C33H40N2O3S. The highest BCUT2D eigenvalue weighted by molar-refractivity contribution is 7.18. The molecule has 0 unspecified atom stereocenters. The number of aromatic amines is 1. The highest BCUT2D eigenvalue weighted by atomic mass is 32.1. The van der Waals surface area contributed by atoms with Gasteiger partial charge in [0.1, 0.15) is 22.2 Å². The number of hydrogen-bond acceptors (Lipinski definition) is 5. The molecule has 6 heteroatoms. The van der Waals surface area contributed by atoms with E-state index in [-0.39, 0.29) is 11.0 Å². The molecule has 0 saturated carbocycles. The van der Waals surface area contributed by atoms with Gasteiger partial charge in [0.2, 0.25) is 0 Å². The van der Waals surface area contributed by atoms with E-state index in [9.17, 15) is 4.79 Å². The van der Waals surface area contributed by atoms with Crippen molar-refractivity contribution < 1.29 is 9.47 Å². The smallest absolute Gasteiger partial charge is 0.260 e. The van der Waals surface area contributed by atoms with E-state index < -0.39 is 0 Å².